The summed E-state index contributed by atoms with van der Waals surface area (Å²) in [6, 6.07) is 1.80. The third-order valence-corrected chi connectivity index (χ3v) is 2.74. The highest BCUT2D eigenvalue weighted by molar-refractivity contribution is 7.17. The molecule has 0 aliphatic rings. The minimum Gasteiger partial charge on any atom is -0.407 e. The molecule has 0 spiro atoms. The molecular weight excluding hydrogens is 186 g/mol. The van der Waals surface area contributed by atoms with E-state index in [1.54, 1.807) is 17.4 Å². The molecule has 3 nitrogen and oxygen atoms in total. The maximum atomic E-state index is 11.0. The Morgan fingerprint density at radius 1 is 1.54 bits per heavy atom. The zero-order chi connectivity index (χ0) is 9.42. The molecule has 2 heterocycles. The van der Waals surface area contributed by atoms with Crippen molar-refractivity contribution in [1.82, 2.24) is 4.98 Å². The van der Waals surface area contributed by atoms with Crippen LogP contribution in [0.15, 0.2) is 20.7 Å². The summed E-state index contributed by atoms with van der Waals surface area (Å²) in [6.45, 7) is 4.03. The van der Waals surface area contributed by atoms with Gasteiger partial charge in [-0.3, -0.25) is 0 Å². The van der Waals surface area contributed by atoms with Crippen LogP contribution >= 0.6 is 11.3 Å². The summed E-state index contributed by atoms with van der Waals surface area (Å²) in [6.07, 6.45) is 0. The predicted molar refractivity (Wildman–Crippen MR) is 52.2 cm³/mol. The Bertz CT molecular complexity index is 484. The van der Waals surface area contributed by atoms with Crippen molar-refractivity contribution in [2.24, 2.45) is 0 Å². The average Bonchev–Trinajstić information content (AvgIpc) is 2.49. The predicted octanol–water partition coefficient (Wildman–Crippen LogP) is 2.37. The number of nitrogens with zero attached hydrogens (tertiary/aromatic N) is 1. The van der Waals surface area contributed by atoms with Gasteiger partial charge < -0.3 is 4.42 Å². The van der Waals surface area contributed by atoms with Crippen molar-refractivity contribution < 1.29 is 4.42 Å². The lowest BCUT2D eigenvalue weighted by molar-refractivity contribution is 0.524. The van der Waals surface area contributed by atoms with Crippen molar-refractivity contribution in [2.75, 3.05) is 0 Å². The van der Waals surface area contributed by atoms with Gasteiger partial charge in [0, 0.05) is 0 Å². The highest BCUT2D eigenvalue weighted by Crippen LogP contribution is 2.26. The second kappa shape index (κ2) is 2.96. The minimum atomic E-state index is -0.505. The topological polar surface area (TPSA) is 43.1 Å². The van der Waals surface area contributed by atoms with Crippen LogP contribution in [0.4, 0.5) is 0 Å². The van der Waals surface area contributed by atoms with Gasteiger partial charge in [-0.1, -0.05) is 13.8 Å². The molecule has 0 amide bonds. The smallest absolute Gasteiger partial charge is 0.407 e. The fraction of sp³-hybridized carbons (Fsp3) is 0.333. The fourth-order valence-corrected chi connectivity index (χ4v) is 2.18. The van der Waals surface area contributed by atoms with E-state index in [4.69, 9.17) is 4.42 Å². The molecule has 0 fully saturated rings. The van der Waals surface area contributed by atoms with Crippen LogP contribution in [0, 0.1) is 0 Å². The molecule has 2 aromatic rings. The zero-order valence-corrected chi connectivity index (χ0v) is 8.22. The van der Waals surface area contributed by atoms with Crippen LogP contribution < -0.4 is 5.76 Å². The van der Waals surface area contributed by atoms with Gasteiger partial charge in [-0.2, -0.15) is 4.98 Å². The van der Waals surface area contributed by atoms with E-state index in [1.807, 2.05) is 19.2 Å². The molecule has 0 unspecified atom stereocenters. The van der Waals surface area contributed by atoms with Gasteiger partial charge in [-0.25, -0.2) is 4.79 Å². The van der Waals surface area contributed by atoms with Crippen LogP contribution in [0.2, 0.25) is 0 Å². The van der Waals surface area contributed by atoms with Crippen LogP contribution in [0.25, 0.3) is 10.3 Å². The highest BCUT2D eigenvalue weighted by Gasteiger charge is 2.10. The Kier molecular flexibility index (Phi) is 1.92. The van der Waals surface area contributed by atoms with Crippen LogP contribution in [-0.4, -0.2) is 4.98 Å². The molecule has 13 heavy (non-hydrogen) atoms. The maximum absolute atomic E-state index is 11.0. The Balaban J connectivity index is 2.85. The molecule has 68 valence electrons. The molecule has 0 saturated heterocycles. The van der Waals surface area contributed by atoms with E-state index in [9.17, 15) is 4.79 Å². The van der Waals surface area contributed by atoms with Crippen LogP contribution in [0.3, 0.4) is 0 Å². The average molecular weight is 195 g/mol. The molecule has 0 aromatic carbocycles. The zero-order valence-electron chi connectivity index (χ0n) is 7.40. The first-order valence-corrected chi connectivity index (χ1v) is 4.94. The van der Waals surface area contributed by atoms with Gasteiger partial charge in [0.25, 0.3) is 0 Å². The molecule has 0 bridgehead atoms. The molecule has 2 aromatic heterocycles. The van der Waals surface area contributed by atoms with Crippen LogP contribution in [0.1, 0.15) is 25.5 Å². The van der Waals surface area contributed by atoms with Crippen molar-refractivity contribution in [3.05, 3.63) is 27.7 Å². The molecule has 0 N–H and O–H groups in total. The Hall–Kier alpha value is -1.16. The lowest BCUT2D eigenvalue weighted by Gasteiger charge is -2.02. The quantitative estimate of drug-likeness (QED) is 0.701. The van der Waals surface area contributed by atoms with E-state index in [2.05, 4.69) is 4.98 Å². The number of thiophene rings is 1. The molecule has 0 aliphatic carbocycles. The fourth-order valence-electron chi connectivity index (χ4n) is 1.22. The van der Waals surface area contributed by atoms with Crippen LogP contribution in [-0.2, 0) is 0 Å². The normalized spacial score (nSPS) is 11.3. The van der Waals surface area contributed by atoms with E-state index in [0.29, 0.717) is 5.58 Å². The van der Waals surface area contributed by atoms with E-state index in [1.165, 1.54) is 0 Å². The monoisotopic (exact) mass is 195 g/mol. The van der Waals surface area contributed by atoms with Gasteiger partial charge in [0.1, 0.15) is 0 Å². The number of fused-ring (bicyclic) bond motifs is 1. The van der Waals surface area contributed by atoms with Crippen molar-refractivity contribution >= 4 is 21.6 Å². The van der Waals surface area contributed by atoms with Crippen LogP contribution in [0.5, 0.6) is 0 Å². The van der Waals surface area contributed by atoms with Gasteiger partial charge in [-0.05, 0) is 17.4 Å². The van der Waals surface area contributed by atoms with Crippen molar-refractivity contribution in [2.45, 2.75) is 19.8 Å². The Labute approximate surface area is 79.0 Å². The Morgan fingerprint density at radius 2 is 2.31 bits per heavy atom. The SMILES string of the molecule is CC(C)c1nc(=O)oc2ccsc12. The van der Waals surface area contributed by atoms with Crippen molar-refractivity contribution in [3.8, 4) is 0 Å². The molecule has 0 aliphatic heterocycles. The molecular formula is C9H9NO2S. The lowest BCUT2D eigenvalue weighted by atomic mass is 10.1. The molecule has 2 rings (SSSR count). The molecule has 0 atom stereocenters. The second-order valence-electron chi connectivity index (χ2n) is 3.13. The number of rotatable bonds is 1. The molecule has 0 saturated carbocycles. The molecule has 0 radical (unpaired) electrons. The van der Waals surface area contributed by atoms with Gasteiger partial charge in [0.05, 0.1) is 10.4 Å². The van der Waals surface area contributed by atoms with Gasteiger partial charge >= 0.3 is 5.76 Å². The summed E-state index contributed by atoms with van der Waals surface area (Å²) in [5.74, 6) is -0.250. The van der Waals surface area contributed by atoms with Crippen molar-refractivity contribution in [3.63, 3.8) is 0 Å². The van der Waals surface area contributed by atoms with E-state index >= 15 is 0 Å². The number of hydrogen-bond donors (Lipinski definition) is 0. The first kappa shape index (κ1) is 8.44. The second-order valence-corrected chi connectivity index (χ2v) is 4.05. The summed E-state index contributed by atoms with van der Waals surface area (Å²) < 4.78 is 5.92. The summed E-state index contributed by atoms with van der Waals surface area (Å²) in [7, 11) is 0. The van der Waals surface area contributed by atoms with E-state index < -0.39 is 5.76 Å². The third-order valence-electron chi connectivity index (χ3n) is 1.82. The van der Waals surface area contributed by atoms with Gasteiger partial charge in [-0.15, -0.1) is 11.3 Å². The number of aromatic nitrogens is 1. The third kappa shape index (κ3) is 1.37. The summed E-state index contributed by atoms with van der Waals surface area (Å²) >= 11 is 1.56. The minimum absolute atomic E-state index is 0.255. The lowest BCUT2D eigenvalue weighted by Crippen LogP contribution is -2.07. The first-order chi connectivity index (χ1) is 6.18. The maximum Gasteiger partial charge on any atom is 0.439 e. The first-order valence-electron chi connectivity index (χ1n) is 4.06. The summed E-state index contributed by atoms with van der Waals surface area (Å²) in [5, 5.41) is 1.90. The van der Waals surface area contributed by atoms with E-state index in [-0.39, 0.29) is 5.92 Å². The van der Waals surface area contributed by atoms with E-state index in [0.717, 1.165) is 10.4 Å². The summed E-state index contributed by atoms with van der Waals surface area (Å²) in [5.41, 5.74) is 1.48. The number of hydrogen-bond acceptors (Lipinski definition) is 4. The van der Waals surface area contributed by atoms with Crippen molar-refractivity contribution in [1.29, 1.82) is 0 Å². The standard InChI is InChI=1S/C9H9NO2S/c1-5(2)7-8-6(3-4-13-8)12-9(11)10-7/h3-5H,1-2H3. The summed E-state index contributed by atoms with van der Waals surface area (Å²) in [4.78, 5) is 14.9. The van der Waals surface area contributed by atoms with Gasteiger partial charge in [0.15, 0.2) is 5.58 Å². The van der Waals surface area contributed by atoms with Gasteiger partial charge in [0.2, 0.25) is 0 Å². The molecule has 4 heteroatoms. The largest absolute Gasteiger partial charge is 0.439 e. The Morgan fingerprint density at radius 3 is 3.00 bits per heavy atom. The highest BCUT2D eigenvalue weighted by atomic mass is 32.1.